The fraction of sp³-hybridized carbons (Fsp3) is 0.143. The highest BCUT2D eigenvalue weighted by atomic mass is 35.5. The molecule has 3 aromatic rings. The monoisotopic (exact) mass is 399 g/mol. The van der Waals surface area contributed by atoms with Crippen LogP contribution < -0.4 is 5.32 Å². The molecule has 0 radical (unpaired) electrons. The molecule has 0 bridgehead atoms. The number of thiophene rings is 1. The van der Waals surface area contributed by atoms with Crippen LogP contribution in [0.5, 0.6) is 0 Å². The SMILES string of the molecule is CCOC(=O)c1c(-c2ccccc2Cl)csc1NC(=O)Cc1ccccc1. The summed E-state index contributed by atoms with van der Waals surface area (Å²) in [7, 11) is 0. The molecule has 0 aliphatic carbocycles. The van der Waals surface area contributed by atoms with Crippen molar-refractivity contribution in [2.75, 3.05) is 11.9 Å². The number of carbonyl (C=O) groups is 2. The number of benzene rings is 2. The molecule has 1 N–H and O–H groups in total. The highest BCUT2D eigenvalue weighted by Gasteiger charge is 2.23. The molecule has 0 fully saturated rings. The number of nitrogens with one attached hydrogen (secondary N) is 1. The number of rotatable bonds is 6. The summed E-state index contributed by atoms with van der Waals surface area (Å²) in [4.78, 5) is 25.0. The van der Waals surface area contributed by atoms with Crippen molar-refractivity contribution in [1.82, 2.24) is 0 Å². The van der Waals surface area contributed by atoms with Crippen molar-refractivity contribution in [3.05, 3.63) is 76.1 Å². The van der Waals surface area contributed by atoms with Crippen LogP contribution in [0.25, 0.3) is 11.1 Å². The van der Waals surface area contributed by atoms with E-state index in [0.717, 1.165) is 11.1 Å². The molecule has 1 amide bonds. The second kappa shape index (κ2) is 8.84. The van der Waals surface area contributed by atoms with E-state index in [-0.39, 0.29) is 18.9 Å². The van der Waals surface area contributed by atoms with Gasteiger partial charge in [0.1, 0.15) is 10.6 Å². The van der Waals surface area contributed by atoms with Gasteiger partial charge in [0.05, 0.1) is 13.0 Å². The second-order valence-electron chi connectivity index (χ2n) is 5.76. The van der Waals surface area contributed by atoms with Crippen LogP contribution in [0, 0.1) is 0 Å². The molecule has 0 unspecified atom stereocenters. The predicted octanol–water partition coefficient (Wildman–Crippen LogP) is 5.43. The van der Waals surface area contributed by atoms with E-state index in [1.54, 1.807) is 13.0 Å². The second-order valence-corrected chi connectivity index (χ2v) is 7.05. The Morgan fingerprint density at radius 2 is 1.74 bits per heavy atom. The summed E-state index contributed by atoms with van der Waals surface area (Å²) in [5.41, 5.74) is 2.60. The van der Waals surface area contributed by atoms with Gasteiger partial charge in [-0.05, 0) is 18.6 Å². The summed E-state index contributed by atoms with van der Waals surface area (Å²) < 4.78 is 5.20. The van der Waals surface area contributed by atoms with Gasteiger partial charge < -0.3 is 10.1 Å². The summed E-state index contributed by atoms with van der Waals surface area (Å²) in [5.74, 6) is -0.678. The van der Waals surface area contributed by atoms with E-state index in [9.17, 15) is 9.59 Å². The van der Waals surface area contributed by atoms with E-state index >= 15 is 0 Å². The third kappa shape index (κ3) is 4.56. The first-order valence-corrected chi connectivity index (χ1v) is 9.73. The summed E-state index contributed by atoms with van der Waals surface area (Å²) >= 11 is 7.58. The van der Waals surface area contributed by atoms with Crippen LogP contribution in [0.4, 0.5) is 5.00 Å². The van der Waals surface area contributed by atoms with Crippen LogP contribution in [0.1, 0.15) is 22.8 Å². The van der Waals surface area contributed by atoms with Crippen LogP contribution in [0.3, 0.4) is 0 Å². The average molecular weight is 400 g/mol. The predicted molar refractivity (Wildman–Crippen MR) is 109 cm³/mol. The zero-order valence-electron chi connectivity index (χ0n) is 14.7. The largest absolute Gasteiger partial charge is 0.462 e. The van der Waals surface area contributed by atoms with Crippen molar-refractivity contribution in [3.63, 3.8) is 0 Å². The van der Waals surface area contributed by atoms with Gasteiger partial charge in [-0.15, -0.1) is 11.3 Å². The Hall–Kier alpha value is -2.63. The fourth-order valence-corrected chi connectivity index (χ4v) is 3.89. The van der Waals surface area contributed by atoms with Crippen LogP contribution >= 0.6 is 22.9 Å². The molecule has 27 heavy (non-hydrogen) atoms. The van der Waals surface area contributed by atoms with Crippen LogP contribution in [-0.4, -0.2) is 18.5 Å². The first-order chi connectivity index (χ1) is 13.1. The van der Waals surface area contributed by atoms with Crippen molar-refractivity contribution >= 4 is 39.8 Å². The van der Waals surface area contributed by atoms with E-state index in [1.807, 2.05) is 53.9 Å². The lowest BCUT2D eigenvalue weighted by atomic mass is 10.0. The summed E-state index contributed by atoms with van der Waals surface area (Å²) in [5, 5.41) is 5.65. The topological polar surface area (TPSA) is 55.4 Å². The summed E-state index contributed by atoms with van der Waals surface area (Å²) in [6, 6.07) is 16.7. The number of ether oxygens (including phenoxy) is 1. The normalized spacial score (nSPS) is 10.4. The minimum Gasteiger partial charge on any atom is -0.462 e. The van der Waals surface area contributed by atoms with Crippen LogP contribution in [0.15, 0.2) is 60.0 Å². The molecule has 0 aliphatic heterocycles. The smallest absolute Gasteiger partial charge is 0.341 e. The standard InChI is InChI=1S/C21H18ClNO3S/c1-2-26-21(25)19-16(15-10-6-7-11-17(15)22)13-27-20(19)23-18(24)12-14-8-4-3-5-9-14/h3-11,13H,2,12H2,1H3,(H,23,24). The van der Waals surface area contributed by atoms with Gasteiger partial charge in [-0.25, -0.2) is 4.79 Å². The van der Waals surface area contributed by atoms with E-state index < -0.39 is 5.97 Å². The molecule has 4 nitrogen and oxygen atoms in total. The maximum absolute atomic E-state index is 12.6. The number of carbonyl (C=O) groups excluding carboxylic acids is 2. The minimum absolute atomic E-state index is 0.195. The number of hydrogen-bond acceptors (Lipinski definition) is 4. The van der Waals surface area contributed by atoms with Gasteiger partial charge >= 0.3 is 5.97 Å². The van der Waals surface area contributed by atoms with Gasteiger partial charge in [0, 0.05) is 21.5 Å². The summed E-state index contributed by atoms with van der Waals surface area (Å²) in [6.07, 6.45) is 0.225. The number of esters is 1. The van der Waals surface area contributed by atoms with E-state index in [0.29, 0.717) is 21.2 Å². The maximum Gasteiger partial charge on any atom is 0.341 e. The van der Waals surface area contributed by atoms with Gasteiger partial charge in [-0.1, -0.05) is 60.1 Å². The van der Waals surface area contributed by atoms with Crippen LogP contribution in [0.2, 0.25) is 5.02 Å². The third-order valence-corrected chi connectivity index (χ3v) is 5.12. The number of hydrogen-bond donors (Lipinski definition) is 1. The molecular formula is C21H18ClNO3S. The molecule has 3 rings (SSSR count). The molecule has 6 heteroatoms. The Morgan fingerprint density at radius 3 is 2.44 bits per heavy atom. The van der Waals surface area contributed by atoms with Crippen molar-refractivity contribution in [2.24, 2.45) is 0 Å². The quantitative estimate of drug-likeness (QED) is 0.562. The zero-order chi connectivity index (χ0) is 19.2. The Balaban J connectivity index is 1.92. The zero-order valence-corrected chi connectivity index (χ0v) is 16.3. The van der Waals surface area contributed by atoms with Crippen molar-refractivity contribution < 1.29 is 14.3 Å². The molecule has 0 aliphatic rings. The first-order valence-electron chi connectivity index (χ1n) is 8.47. The van der Waals surface area contributed by atoms with E-state index in [4.69, 9.17) is 16.3 Å². The number of amides is 1. The van der Waals surface area contributed by atoms with Crippen LogP contribution in [-0.2, 0) is 16.0 Å². The van der Waals surface area contributed by atoms with Gasteiger partial charge in [0.15, 0.2) is 0 Å². The first kappa shape index (κ1) is 19.1. The van der Waals surface area contributed by atoms with Crippen molar-refractivity contribution in [2.45, 2.75) is 13.3 Å². The lowest BCUT2D eigenvalue weighted by molar-refractivity contribution is -0.115. The number of halogens is 1. The number of anilines is 1. The molecule has 138 valence electrons. The molecule has 1 heterocycles. The Bertz CT molecular complexity index is 953. The fourth-order valence-electron chi connectivity index (χ4n) is 2.69. The molecule has 0 saturated carbocycles. The van der Waals surface area contributed by atoms with Gasteiger partial charge in [0.2, 0.25) is 5.91 Å². The van der Waals surface area contributed by atoms with Crippen molar-refractivity contribution in [3.8, 4) is 11.1 Å². The highest BCUT2D eigenvalue weighted by molar-refractivity contribution is 7.15. The minimum atomic E-state index is -0.483. The maximum atomic E-state index is 12.6. The Morgan fingerprint density at radius 1 is 1.04 bits per heavy atom. The van der Waals surface area contributed by atoms with Gasteiger partial charge in [-0.2, -0.15) is 0 Å². The molecule has 2 aromatic carbocycles. The molecule has 0 atom stereocenters. The van der Waals surface area contributed by atoms with E-state index in [1.165, 1.54) is 11.3 Å². The molecule has 1 aromatic heterocycles. The van der Waals surface area contributed by atoms with Gasteiger partial charge in [0.25, 0.3) is 0 Å². The summed E-state index contributed by atoms with van der Waals surface area (Å²) in [6.45, 7) is 1.99. The lowest BCUT2D eigenvalue weighted by Crippen LogP contribution is -2.16. The Kier molecular flexibility index (Phi) is 6.27. The molecule has 0 saturated heterocycles. The Labute approximate surface area is 166 Å². The van der Waals surface area contributed by atoms with Gasteiger partial charge in [-0.3, -0.25) is 4.79 Å². The highest BCUT2D eigenvalue weighted by Crippen LogP contribution is 2.39. The molecule has 0 spiro atoms. The molecular weight excluding hydrogens is 382 g/mol. The van der Waals surface area contributed by atoms with Crippen molar-refractivity contribution in [1.29, 1.82) is 0 Å². The average Bonchev–Trinajstić information content (AvgIpc) is 3.06. The third-order valence-electron chi connectivity index (χ3n) is 3.90. The lowest BCUT2D eigenvalue weighted by Gasteiger charge is -2.09. The van der Waals surface area contributed by atoms with E-state index in [2.05, 4.69) is 5.32 Å².